The number of benzene rings is 1. The van der Waals surface area contributed by atoms with Crippen molar-refractivity contribution in [1.82, 2.24) is 0 Å². The molecular formula is C30H46O2. The summed E-state index contributed by atoms with van der Waals surface area (Å²) < 4.78 is 5.44. The zero-order valence-electron chi connectivity index (χ0n) is 21.0. The molecule has 1 fully saturated rings. The van der Waals surface area contributed by atoms with Crippen LogP contribution >= 0.6 is 0 Å². The molecule has 0 aliphatic heterocycles. The molecule has 0 radical (unpaired) electrons. The molecule has 2 unspecified atom stereocenters. The summed E-state index contributed by atoms with van der Waals surface area (Å²) in [6.45, 7) is 10.5. The fourth-order valence-electron chi connectivity index (χ4n) is 6.01. The van der Waals surface area contributed by atoms with Gasteiger partial charge in [0.25, 0.3) is 0 Å². The lowest BCUT2D eigenvalue weighted by Crippen LogP contribution is -2.27. The average molecular weight is 439 g/mol. The Morgan fingerprint density at radius 1 is 1.06 bits per heavy atom. The van der Waals surface area contributed by atoms with Crippen molar-refractivity contribution in [2.75, 3.05) is 6.61 Å². The zero-order valence-corrected chi connectivity index (χ0v) is 21.0. The van der Waals surface area contributed by atoms with Crippen molar-refractivity contribution in [2.45, 2.75) is 104 Å². The van der Waals surface area contributed by atoms with Gasteiger partial charge in [0.05, 0.1) is 6.61 Å². The largest absolute Gasteiger partial charge is 0.462 e. The number of aryl methyl sites for hydroxylation is 2. The van der Waals surface area contributed by atoms with Crippen LogP contribution < -0.4 is 0 Å². The number of carbonyl (C=O) groups excluding carboxylic acids is 1. The molecule has 32 heavy (non-hydrogen) atoms. The van der Waals surface area contributed by atoms with Gasteiger partial charge in [-0.3, -0.25) is 0 Å². The second kappa shape index (κ2) is 12.6. The van der Waals surface area contributed by atoms with Crippen molar-refractivity contribution in [2.24, 2.45) is 23.7 Å². The van der Waals surface area contributed by atoms with Gasteiger partial charge in [0.2, 0.25) is 0 Å². The summed E-state index contributed by atoms with van der Waals surface area (Å²) >= 11 is 0. The molecule has 2 atom stereocenters. The van der Waals surface area contributed by atoms with Crippen LogP contribution in [0.3, 0.4) is 0 Å². The summed E-state index contributed by atoms with van der Waals surface area (Å²) in [5, 5.41) is 0. The Hall–Kier alpha value is -1.57. The summed E-state index contributed by atoms with van der Waals surface area (Å²) in [5.41, 5.74) is 5.32. The second-order valence-corrected chi connectivity index (χ2v) is 10.7. The smallest absolute Gasteiger partial charge is 0.333 e. The molecule has 2 heteroatoms. The highest BCUT2D eigenvalue weighted by atomic mass is 16.5. The fraction of sp³-hybridized carbons (Fsp3) is 0.700. The van der Waals surface area contributed by atoms with Crippen LogP contribution in [0.4, 0.5) is 0 Å². The molecule has 0 amide bonds. The molecule has 2 nitrogen and oxygen atoms in total. The van der Waals surface area contributed by atoms with E-state index in [2.05, 4.69) is 38.6 Å². The Kier molecular flexibility index (Phi) is 9.88. The Labute approximate surface area is 197 Å². The predicted octanol–water partition coefficient (Wildman–Crippen LogP) is 7.87. The quantitative estimate of drug-likeness (QED) is 0.200. The van der Waals surface area contributed by atoms with Gasteiger partial charge in [0.1, 0.15) is 0 Å². The molecule has 3 rings (SSSR count). The van der Waals surface area contributed by atoms with Crippen LogP contribution in [-0.2, 0) is 28.8 Å². The van der Waals surface area contributed by atoms with Gasteiger partial charge in [0, 0.05) is 5.57 Å². The molecule has 0 saturated heterocycles. The van der Waals surface area contributed by atoms with Crippen molar-refractivity contribution < 1.29 is 9.53 Å². The molecule has 0 spiro atoms. The van der Waals surface area contributed by atoms with Gasteiger partial charge in [-0.1, -0.05) is 70.7 Å². The minimum atomic E-state index is -0.238. The first kappa shape index (κ1) is 25.1. The summed E-state index contributed by atoms with van der Waals surface area (Å²) in [6.07, 6.45) is 17.0. The Balaban J connectivity index is 1.43. The maximum atomic E-state index is 11.7. The monoisotopic (exact) mass is 438 g/mol. The molecule has 0 N–H and O–H groups in total. The lowest BCUT2D eigenvalue weighted by molar-refractivity contribution is -0.140. The minimum Gasteiger partial charge on any atom is -0.462 e. The van der Waals surface area contributed by atoms with E-state index in [4.69, 9.17) is 4.74 Å². The van der Waals surface area contributed by atoms with Crippen molar-refractivity contribution in [3.63, 3.8) is 0 Å². The summed E-state index contributed by atoms with van der Waals surface area (Å²) in [7, 11) is 0. The van der Waals surface area contributed by atoms with E-state index in [-0.39, 0.29) is 5.97 Å². The molecule has 1 aromatic carbocycles. The number of esters is 1. The Bertz CT molecular complexity index is 741. The number of hydrogen-bond acceptors (Lipinski definition) is 2. The first-order valence-electron chi connectivity index (χ1n) is 13.4. The molecule has 0 heterocycles. The van der Waals surface area contributed by atoms with Gasteiger partial charge in [-0.05, 0) is 98.7 Å². The number of unbranched alkanes of at least 4 members (excludes halogenated alkanes) is 2. The van der Waals surface area contributed by atoms with Gasteiger partial charge in [-0.2, -0.15) is 0 Å². The number of rotatable bonds is 11. The first-order valence-corrected chi connectivity index (χ1v) is 13.4. The number of fused-ring (bicyclic) bond motifs is 1. The molecule has 1 aromatic rings. The summed E-state index contributed by atoms with van der Waals surface area (Å²) in [5.74, 6) is 2.85. The highest BCUT2D eigenvalue weighted by Crippen LogP contribution is 2.41. The van der Waals surface area contributed by atoms with Gasteiger partial charge in [-0.25, -0.2) is 4.79 Å². The van der Waals surface area contributed by atoms with Crippen molar-refractivity contribution in [1.29, 1.82) is 0 Å². The molecule has 0 aromatic heterocycles. The van der Waals surface area contributed by atoms with E-state index < -0.39 is 0 Å². The van der Waals surface area contributed by atoms with Crippen LogP contribution in [0.5, 0.6) is 0 Å². The number of carbonyl (C=O) groups is 1. The maximum absolute atomic E-state index is 11.7. The van der Waals surface area contributed by atoms with Crippen molar-refractivity contribution in [3.8, 4) is 0 Å². The van der Waals surface area contributed by atoms with Gasteiger partial charge < -0.3 is 4.74 Å². The zero-order chi connectivity index (χ0) is 22.9. The SMILES string of the molecule is C=C(C)C(=O)OCC(CC)CC1CCC(C2CCc3cc(CCCCC)ccc3C2)CC1. The molecule has 178 valence electrons. The van der Waals surface area contributed by atoms with Crippen molar-refractivity contribution >= 4 is 5.97 Å². The van der Waals surface area contributed by atoms with E-state index in [9.17, 15) is 4.79 Å². The maximum Gasteiger partial charge on any atom is 0.333 e. The van der Waals surface area contributed by atoms with E-state index in [1.165, 1.54) is 77.0 Å². The van der Waals surface area contributed by atoms with Crippen LogP contribution in [0.15, 0.2) is 30.4 Å². The third kappa shape index (κ3) is 7.22. The standard InChI is InChI=1S/C30H46O2/c1-5-7-8-9-24-12-15-29-20-28(17-16-27(29)19-24)26-13-10-25(11-14-26)18-23(6-2)21-32-30(31)22(3)4/h12,15,19,23,25-26,28H,3,5-11,13-14,16-18,20-21H2,1-2,4H3. The van der Waals surface area contributed by atoms with E-state index in [1.807, 2.05) is 0 Å². The number of ether oxygens (including phenoxy) is 1. The molecule has 2 aliphatic carbocycles. The van der Waals surface area contributed by atoms with Gasteiger partial charge >= 0.3 is 5.97 Å². The third-order valence-electron chi connectivity index (χ3n) is 8.21. The van der Waals surface area contributed by atoms with E-state index in [0.717, 1.165) is 24.2 Å². The van der Waals surface area contributed by atoms with Crippen LogP contribution in [0, 0.1) is 23.7 Å². The van der Waals surface area contributed by atoms with E-state index in [0.29, 0.717) is 18.1 Å². The topological polar surface area (TPSA) is 26.3 Å². The van der Waals surface area contributed by atoms with Crippen LogP contribution in [-0.4, -0.2) is 12.6 Å². The molecule has 1 saturated carbocycles. The Morgan fingerprint density at radius 2 is 1.84 bits per heavy atom. The van der Waals surface area contributed by atoms with Gasteiger partial charge in [0.15, 0.2) is 0 Å². The molecule has 0 bridgehead atoms. The molecule has 2 aliphatic rings. The van der Waals surface area contributed by atoms with E-state index in [1.54, 1.807) is 23.6 Å². The minimum absolute atomic E-state index is 0.238. The normalized spacial score (nSPS) is 23.9. The lowest BCUT2D eigenvalue weighted by atomic mass is 9.68. The highest BCUT2D eigenvalue weighted by molar-refractivity contribution is 5.86. The van der Waals surface area contributed by atoms with Gasteiger partial charge in [-0.15, -0.1) is 0 Å². The predicted molar refractivity (Wildman–Crippen MR) is 135 cm³/mol. The molecular weight excluding hydrogens is 392 g/mol. The third-order valence-corrected chi connectivity index (χ3v) is 8.21. The van der Waals surface area contributed by atoms with Crippen molar-refractivity contribution in [3.05, 3.63) is 47.0 Å². The van der Waals surface area contributed by atoms with E-state index >= 15 is 0 Å². The first-order chi connectivity index (χ1) is 15.5. The van der Waals surface area contributed by atoms with Crippen LogP contribution in [0.25, 0.3) is 0 Å². The average Bonchev–Trinajstić information content (AvgIpc) is 2.81. The Morgan fingerprint density at radius 3 is 2.53 bits per heavy atom. The number of hydrogen-bond donors (Lipinski definition) is 0. The lowest BCUT2D eigenvalue weighted by Gasteiger charge is -2.37. The van der Waals surface area contributed by atoms with Crippen LogP contribution in [0.2, 0.25) is 0 Å². The second-order valence-electron chi connectivity index (χ2n) is 10.7. The fourth-order valence-corrected chi connectivity index (χ4v) is 6.01. The summed E-state index contributed by atoms with van der Waals surface area (Å²) in [6, 6.07) is 7.37. The van der Waals surface area contributed by atoms with Crippen LogP contribution in [0.1, 0.15) is 102 Å². The summed E-state index contributed by atoms with van der Waals surface area (Å²) in [4.78, 5) is 11.7. The highest BCUT2D eigenvalue weighted by Gasteiger charge is 2.31.